The molecule has 0 spiro atoms. The van der Waals surface area contributed by atoms with Gasteiger partial charge in [0.2, 0.25) is 5.91 Å². The van der Waals surface area contributed by atoms with E-state index in [0.29, 0.717) is 30.3 Å². The van der Waals surface area contributed by atoms with Gasteiger partial charge in [0.25, 0.3) is 0 Å². The largest absolute Gasteiger partial charge is 0.497 e. The number of anilines is 1. The highest BCUT2D eigenvalue weighted by molar-refractivity contribution is 5.96. The average molecular weight is 403 g/mol. The lowest BCUT2D eigenvalue weighted by atomic mass is 9.97. The summed E-state index contributed by atoms with van der Waals surface area (Å²) in [6.07, 6.45) is -4.24. The Balaban J connectivity index is 2.06. The maximum absolute atomic E-state index is 12.8. The van der Waals surface area contributed by atoms with Crippen LogP contribution in [0.15, 0.2) is 18.2 Å². The number of nitrogens with one attached hydrogen (secondary N) is 1. The number of ether oxygens (including phenoxy) is 2. The van der Waals surface area contributed by atoms with Crippen LogP contribution in [0.25, 0.3) is 0 Å². The van der Waals surface area contributed by atoms with Crippen LogP contribution in [0.3, 0.4) is 0 Å². The van der Waals surface area contributed by atoms with Gasteiger partial charge in [-0.15, -0.1) is 0 Å². The molecule has 1 atom stereocenters. The van der Waals surface area contributed by atoms with Crippen LogP contribution in [-0.2, 0) is 4.79 Å². The lowest BCUT2D eigenvalue weighted by Gasteiger charge is -2.48. The zero-order valence-corrected chi connectivity index (χ0v) is 16.9. The van der Waals surface area contributed by atoms with E-state index in [2.05, 4.69) is 5.32 Å². The van der Waals surface area contributed by atoms with Crippen molar-refractivity contribution < 1.29 is 27.4 Å². The molecule has 1 amide bonds. The summed E-state index contributed by atoms with van der Waals surface area (Å²) in [6.45, 7) is 5.30. The zero-order chi connectivity index (χ0) is 21.1. The maximum atomic E-state index is 12.8. The van der Waals surface area contributed by atoms with Crippen molar-refractivity contribution in [1.82, 2.24) is 9.80 Å². The Kier molecular flexibility index (Phi) is 6.82. The molecular formula is C19H28F3N3O3. The van der Waals surface area contributed by atoms with Crippen molar-refractivity contribution in [2.75, 3.05) is 45.7 Å². The molecular weight excluding hydrogens is 375 g/mol. The van der Waals surface area contributed by atoms with E-state index in [9.17, 15) is 18.0 Å². The van der Waals surface area contributed by atoms with Crippen LogP contribution >= 0.6 is 0 Å². The van der Waals surface area contributed by atoms with Crippen LogP contribution in [0.1, 0.15) is 20.8 Å². The third-order valence-corrected chi connectivity index (χ3v) is 5.07. The molecule has 1 fully saturated rings. The standard InChI is InChI=1S/C19H28F3N3O3/c1-13(17(26)23-15-10-14(27-4)6-7-16(15)28-5)24-8-9-25(12-19(20,21)22)18(2,3)11-24/h6-7,10,13H,8-9,11-12H2,1-5H3,(H,23,26). The summed E-state index contributed by atoms with van der Waals surface area (Å²) in [4.78, 5) is 16.1. The highest BCUT2D eigenvalue weighted by Gasteiger charge is 2.42. The van der Waals surface area contributed by atoms with Crippen LogP contribution in [0, 0.1) is 0 Å². The van der Waals surface area contributed by atoms with Crippen LogP contribution in [0.4, 0.5) is 18.9 Å². The number of hydrogen-bond donors (Lipinski definition) is 1. The van der Waals surface area contributed by atoms with Gasteiger partial charge in [0, 0.05) is 31.2 Å². The van der Waals surface area contributed by atoms with E-state index >= 15 is 0 Å². The van der Waals surface area contributed by atoms with Gasteiger partial charge in [0.05, 0.1) is 32.5 Å². The van der Waals surface area contributed by atoms with Gasteiger partial charge in [-0.1, -0.05) is 0 Å². The van der Waals surface area contributed by atoms with Crippen LogP contribution < -0.4 is 14.8 Å². The number of methoxy groups -OCH3 is 2. The Morgan fingerprint density at radius 1 is 1.25 bits per heavy atom. The second-order valence-electron chi connectivity index (χ2n) is 7.55. The molecule has 1 unspecified atom stereocenters. The molecule has 0 saturated carbocycles. The highest BCUT2D eigenvalue weighted by Crippen LogP contribution is 2.30. The summed E-state index contributed by atoms with van der Waals surface area (Å²) < 4.78 is 48.8. The second kappa shape index (κ2) is 8.57. The normalized spacial score (nSPS) is 19.1. The minimum Gasteiger partial charge on any atom is -0.497 e. The van der Waals surface area contributed by atoms with Gasteiger partial charge in [-0.2, -0.15) is 13.2 Å². The number of halogens is 3. The Morgan fingerprint density at radius 2 is 1.93 bits per heavy atom. The average Bonchev–Trinajstić information content (AvgIpc) is 2.61. The van der Waals surface area contributed by atoms with Crippen molar-refractivity contribution >= 4 is 11.6 Å². The first kappa shape index (κ1) is 22.3. The number of carbonyl (C=O) groups is 1. The molecule has 28 heavy (non-hydrogen) atoms. The summed E-state index contributed by atoms with van der Waals surface area (Å²) in [7, 11) is 3.03. The quantitative estimate of drug-likeness (QED) is 0.792. The molecule has 0 bridgehead atoms. The van der Waals surface area contributed by atoms with E-state index in [1.807, 2.05) is 4.90 Å². The first-order valence-corrected chi connectivity index (χ1v) is 9.05. The van der Waals surface area contributed by atoms with Gasteiger partial charge in [-0.3, -0.25) is 14.6 Å². The molecule has 0 aliphatic carbocycles. The fraction of sp³-hybridized carbons (Fsp3) is 0.632. The third kappa shape index (κ3) is 5.51. The van der Waals surface area contributed by atoms with Crippen LogP contribution in [0.5, 0.6) is 11.5 Å². The number of piperazine rings is 1. The van der Waals surface area contributed by atoms with E-state index in [4.69, 9.17) is 9.47 Å². The molecule has 1 aliphatic heterocycles. The summed E-state index contributed by atoms with van der Waals surface area (Å²) in [5, 5.41) is 2.83. The van der Waals surface area contributed by atoms with Gasteiger partial charge in [-0.25, -0.2) is 0 Å². The Bertz CT molecular complexity index is 695. The van der Waals surface area contributed by atoms with E-state index in [1.165, 1.54) is 19.1 Å². The van der Waals surface area contributed by atoms with Crippen molar-refractivity contribution in [1.29, 1.82) is 0 Å². The Morgan fingerprint density at radius 3 is 2.46 bits per heavy atom. The number of amides is 1. The predicted octanol–water partition coefficient (Wildman–Crippen LogP) is 2.99. The van der Waals surface area contributed by atoms with Gasteiger partial charge in [0.1, 0.15) is 11.5 Å². The van der Waals surface area contributed by atoms with Crippen molar-refractivity contribution in [3.8, 4) is 11.5 Å². The lowest BCUT2D eigenvalue weighted by molar-refractivity contribution is -0.166. The van der Waals surface area contributed by atoms with Gasteiger partial charge < -0.3 is 14.8 Å². The molecule has 158 valence electrons. The number of rotatable bonds is 6. The van der Waals surface area contributed by atoms with E-state index < -0.39 is 24.3 Å². The van der Waals surface area contributed by atoms with Gasteiger partial charge in [-0.05, 0) is 32.9 Å². The van der Waals surface area contributed by atoms with Crippen LogP contribution in [-0.4, -0.2) is 73.9 Å². The molecule has 0 aromatic heterocycles. The molecule has 2 rings (SSSR count). The van der Waals surface area contributed by atoms with Crippen molar-refractivity contribution in [2.45, 2.75) is 38.5 Å². The van der Waals surface area contributed by atoms with Crippen molar-refractivity contribution in [2.24, 2.45) is 0 Å². The first-order valence-electron chi connectivity index (χ1n) is 9.05. The predicted molar refractivity (Wildman–Crippen MR) is 101 cm³/mol. The molecule has 6 nitrogen and oxygen atoms in total. The highest BCUT2D eigenvalue weighted by atomic mass is 19.4. The summed E-state index contributed by atoms with van der Waals surface area (Å²) in [6, 6.07) is 4.57. The van der Waals surface area contributed by atoms with Crippen molar-refractivity contribution in [3.63, 3.8) is 0 Å². The number of carbonyl (C=O) groups excluding carboxylic acids is 1. The second-order valence-corrected chi connectivity index (χ2v) is 7.55. The summed E-state index contributed by atoms with van der Waals surface area (Å²) >= 11 is 0. The number of hydrogen-bond acceptors (Lipinski definition) is 5. The smallest absolute Gasteiger partial charge is 0.401 e. The minimum absolute atomic E-state index is 0.243. The van der Waals surface area contributed by atoms with E-state index in [1.54, 1.807) is 39.0 Å². The maximum Gasteiger partial charge on any atom is 0.401 e. The zero-order valence-electron chi connectivity index (χ0n) is 16.9. The fourth-order valence-electron chi connectivity index (χ4n) is 3.38. The van der Waals surface area contributed by atoms with E-state index in [-0.39, 0.29) is 12.5 Å². The fourth-order valence-corrected chi connectivity index (χ4v) is 3.38. The molecule has 1 aliphatic rings. The monoisotopic (exact) mass is 403 g/mol. The topological polar surface area (TPSA) is 54.0 Å². The number of alkyl halides is 3. The molecule has 9 heteroatoms. The molecule has 0 radical (unpaired) electrons. The number of nitrogens with zero attached hydrogens (tertiary/aromatic N) is 2. The SMILES string of the molecule is COc1ccc(OC)c(NC(=O)C(C)N2CCN(CC(F)(F)F)C(C)(C)C2)c1. The summed E-state index contributed by atoms with van der Waals surface area (Å²) in [5.74, 6) is 0.814. The third-order valence-electron chi connectivity index (χ3n) is 5.07. The lowest BCUT2D eigenvalue weighted by Crippen LogP contribution is -2.63. The number of benzene rings is 1. The summed E-state index contributed by atoms with van der Waals surface area (Å²) in [5.41, 5.74) is -0.218. The Hall–Kier alpha value is -2.00. The van der Waals surface area contributed by atoms with Gasteiger partial charge in [0.15, 0.2) is 0 Å². The van der Waals surface area contributed by atoms with Gasteiger partial charge >= 0.3 is 6.18 Å². The Labute approximate surface area is 163 Å². The molecule has 1 N–H and O–H groups in total. The molecule has 1 saturated heterocycles. The minimum atomic E-state index is -4.24. The van der Waals surface area contributed by atoms with Crippen molar-refractivity contribution in [3.05, 3.63) is 18.2 Å². The molecule has 1 aromatic carbocycles. The molecule has 1 heterocycles. The molecule has 1 aromatic rings. The van der Waals surface area contributed by atoms with E-state index in [0.717, 1.165) is 0 Å². The van der Waals surface area contributed by atoms with Crippen LogP contribution in [0.2, 0.25) is 0 Å². The first-order chi connectivity index (χ1) is 13.0.